The summed E-state index contributed by atoms with van der Waals surface area (Å²) in [6.07, 6.45) is 0. The summed E-state index contributed by atoms with van der Waals surface area (Å²) in [5, 5.41) is 0. The monoisotopic (exact) mass is 203 g/mol. The van der Waals surface area contributed by atoms with Crippen LogP contribution in [0.3, 0.4) is 0 Å². The molecule has 15 heavy (non-hydrogen) atoms. The maximum absolute atomic E-state index is 13.1. The Balaban J connectivity index is 2.58. The van der Waals surface area contributed by atoms with Crippen LogP contribution in [0.25, 0.3) is 11.3 Å². The molecular weight excluding hydrogens is 193 g/mol. The van der Waals surface area contributed by atoms with Gasteiger partial charge in [0.1, 0.15) is 5.82 Å². The average Bonchev–Trinajstić information content (AvgIpc) is 2.16. The van der Waals surface area contributed by atoms with Crippen molar-refractivity contribution >= 4 is 0 Å². The summed E-state index contributed by atoms with van der Waals surface area (Å²) in [7, 11) is 0. The van der Waals surface area contributed by atoms with Gasteiger partial charge in [-0.05, 0) is 36.8 Å². The molecule has 1 aromatic heterocycles. The quantitative estimate of drug-likeness (QED) is 0.758. The zero-order valence-corrected chi connectivity index (χ0v) is 8.25. The van der Waals surface area contributed by atoms with E-state index >= 15 is 0 Å². The van der Waals surface area contributed by atoms with Crippen molar-refractivity contribution in [3.8, 4) is 11.3 Å². The third-order valence-corrected chi connectivity index (χ3v) is 2.12. The Hall–Kier alpha value is -1.90. The minimum Gasteiger partial charge on any atom is -0.322 e. The summed E-state index contributed by atoms with van der Waals surface area (Å²) in [5.41, 5.74) is 1.96. The van der Waals surface area contributed by atoms with Crippen LogP contribution in [0, 0.1) is 12.7 Å². The molecule has 2 aromatic rings. The second kappa shape index (κ2) is 3.69. The number of benzene rings is 1. The molecule has 0 spiro atoms. The number of nitrogens with one attached hydrogen (secondary N) is 1. The molecule has 1 aromatic carbocycles. The summed E-state index contributed by atoms with van der Waals surface area (Å²) in [6, 6.07) is 9.50. The van der Waals surface area contributed by atoms with Gasteiger partial charge in [0.05, 0.1) is 0 Å². The summed E-state index contributed by atoms with van der Waals surface area (Å²) in [4.78, 5) is 13.7. The number of pyridine rings is 1. The molecule has 1 N–H and O–H groups in total. The highest BCUT2D eigenvalue weighted by Crippen LogP contribution is 2.18. The van der Waals surface area contributed by atoms with Crippen molar-refractivity contribution in [3.63, 3.8) is 0 Å². The van der Waals surface area contributed by atoms with E-state index in [-0.39, 0.29) is 11.4 Å². The van der Waals surface area contributed by atoms with Gasteiger partial charge in [0.2, 0.25) is 5.56 Å². The SMILES string of the molecule is Cc1cc(F)cc(-c2cccc(=O)[nH]2)c1. The number of hydrogen-bond donors (Lipinski definition) is 1. The Morgan fingerprint density at radius 3 is 2.67 bits per heavy atom. The first-order valence-corrected chi connectivity index (χ1v) is 4.62. The number of aromatic nitrogens is 1. The maximum Gasteiger partial charge on any atom is 0.248 e. The van der Waals surface area contributed by atoms with Crippen LogP contribution in [0.5, 0.6) is 0 Å². The predicted molar refractivity (Wildman–Crippen MR) is 57.2 cm³/mol. The zero-order valence-electron chi connectivity index (χ0n) is 8.25. The summed E-state index contributed by atoms with van der Waals surface area (Å²) in [5.74, 6) is -0.297. The molecule has 0 aliphatic rings. The molecule has 0 amide bonds. The molecule has 0 radical (unpaired) electrons. The van der Waals surface area contributed by atoms with Crippen LogP contribution < -0.4 is 5.56 Å². The van der Waals surface area contributed by atoms with Gasteiger partial charge in [0.25, 0.3) is 0 Å². The molecule has 2 nitrogen and oxygen atoms in total. The predicted octanol–water partition coefficient (Wildman–Crippen LogP) is 2.49. The fourth-order valence-corrected chi connectivity index (χ4v) is 1.51. The van der Waals surface area contributed by atoms with Crippen LogP contribution in [0.1, 0.15) is 5.56 Å². The van der Waals surface area contributed by atoms with Crippen molar-refractivity contribution in [1.29, 1.82) is 0 Å². The van der Waals surface area contributed by atoms with Crippen LogP contribution >= 0.6 is 0 Å². The molecule has 0 fully saturated rings. The highest BCUT2D eigenvalue weighted by molar-refractivity contribution is 5.59. The normalized spacial score (nSPS) is 10.3. The first kappa shape index (κ1) is 9.65. The van der Waals surface area contributed by atoms with E-state index in [9.17, 15) is 9.18 Å². The van der Waals surface area contributed by atoms with E-state index in [1.54, 1.807) is 12.1 Å². The molecule has 3 heteroatoms. The van der Waals surface area contributed by atoms with Crippen LogP contribution in [0.4, 0.5) is 4.39 Å². The maximum atomic E-state index is 13.1. The topological polar surface area (TPSA) is 32.9 Å². The van der Waals surface area contributed by atoms with Gasteiger partial charge in [0.15, 0.2) is 0 Å². The Bertz CT molecular complexity index is 525. The minimum atomic E-state index is -0.297. The van der Waals surface area contributed by atoms with E-state index in [4.69, 9.17) is 0 Å². The van der Waals surface area contributed by atoms with Gasteiger partial charge >= 0.3 is 0 Å². The molecule has 0 atom stereocenters. The Morgan fingerprint density at radius 2 is 2.00 bits per heavy atom. The van der Waals surface area contributed by atoms with E-state index in [1.807, 2.05) is 13.0 Å². The van der Waals surface area contributed by atoms with Crippen LogP contribution in [-0.4, -0.2) is 4.98 Å². The highest BCUT2D eigenvalue weighted by atomic mass is 19.1. The van der Waals surface area contributed by atoms with Gasteiger partial charge in [-0.25, -0.2) is 4.39 Å². The Morgan fingerprint density at radius 1 is 1.20 bits per heavy atom. The minimum absolute atomic E-state index is 0.186. The summed E-state index contributed by atoms with van der Waals surface area (Å²) < 4.78 is 13.1. The lowest BCUT2D eigenvalue weighted by Crippen LogP contribution is -2.03. The first-order chi connectivity index (χ1) is 7.15. The zero-order chi connectivity index (χ0) is 10.8. The van der Waals surface area contributed by atoms with Crippen molar-refractivity contribution in [2.24, 2.45) is 0 Å². The summed E-state index contributed by atoms with van der Waals surface area (Å²) >= 11 is 0. The van der Waals surface area contributed by atoms with E-state index in [0.29, 0.717) is 11.3 Å². The standard InChI is InChI=1S/C12H10FNO/c1-8-5-9(7-10(13)6-8)11-3-2-4-12(15)14-11/h2-7H,1H3,(H,14,15). The van der Waals surface area contributed by atoms with Crippen LogP contribution in [0.15, 0.2) is 41.2 Å². The van der Waals surface area contributed by atoms with Gasteiger partial charge in [-0.1, -0.05) is 6.07 Å². The van der Waals surface area contributed by atoms with Gasteiger partial charge in [-0.3, -0.25) is 4.79 Å². The third-order valence-electron chi connectivity index (χ3n) is 2.12. The van der Waals surface area contributed by atoms with Gasteiger partial charge in [0, 0.05) is 17.3 Å². The largest absolute Gasteiger partial charge is 0.322 e. The van der Waals surface area contributed by atoms with Crippen LogP contribution in [-0.2, 0) is 0 Å². The number of hydrogen-bond acceptors (Lipinski definition) is 1. The fraction of sp³-hybridized carbons (Fsp3) is 0.0833. The van der Waals surface area contributed by atoms with Crippen molar-refractivity contribution in [3.05, 3.63) is 58.1 Å². The van der Waals surface area contributed by atoms with E-state index in [2.05, 4.69) is 4.98 Å². The highest BCUT2D eigenvalue weighted by Gasteiger charge is 2.01. The fourth-order valence-electron chi connectivity index (χ4n) is 1.51. The molecule has 0 unspecified atom stereocenters. The van der Waals surface area contributed by atoms with E-state index in [0.717, 1.165) is 5.56 Å². The first-order valence-electron chi connectivity index (χ1n) is 4.62. The summed E-state index contributed by atoms with van der Waals surface area (Å²) in [6.45, 7) is 1.81. The van der Waals surface area contributed by atoms with Crippen molar-refractivity contribution in [2.45, 2.75) is 6.92 Å². The lowest BCUT2D eigenvalue weighted by molar-refractivity contribution is 0.627. The second-order valence-electron chi connectivity index (χ2n) is 3.45. The van der Waals surface area contributed by atoms with E-state index in [1.165, 1.54) is 18.2 Å². The molecule has 0 saturated carbocycles. The van der Waals surface area contributed by atoms with Crippen molar-refractivity contribution in [2.75, 3.05) is 0 Å². The van der Waals surface area contributed by atoms with Gasteiger partial charge in [-0.2, -0.15) is 0 Å². The third kappa shape index (κ3) is 2.13. The molecule has 0 aliphatic carbocycles. The number of aromatic amines is 1. The number of aryl methyl sites for hydroxylation is 1. The molecule has 0 saturated heterocycles. The lowest BCUT2D eigenvalue weighted by atomic mass is 10.1. The van der Waals surface area contributed by atoms with Crippen LogP contribution in [0.2, 0.25) is 0 Å². The van der Waals surface area contributed by atoms with Gasteiger partial charge < -0.3 is 4.98 Å². The average molecular weight is 203 g/mol. The van der Waals surface area contributed by atoms with E-state index < -0.39 is 0 Å². The van der Waals surface area contributed by atoms with Crippen molar-refractivity contribution < 1.29 is 4.39 Å². The Kier molecular flexibility index (Phi) is 2.37. The number of H-pyrrole nitrogens is 1. The second-order valence-corrected chi connectivity index (χ2v) is 3.45. The molecule has 0 bridgehead atoms. The lowest BCUT2D eigenvalue weighted by Gasteiger charge is -2.02. The Labute approximate surface area is 86.4 Å². The molecule has 1 heterocycles. The molecular formula is C12H10FNO. The smallest absolute Gasteiger partial charge is 0.248 e. The number of rotatable bonds is 1. The van der Waals surface area contributed by atoms with Crippen molar-refractivity contribution in [1.82, 2.24) is 4.98 Å². The number of halogens is 1. The molecule has 2 rings (SSSR count). The van der Waals surface area contributed by atoms with Gasteiger partial charge in [-0.15, -0.1) is 0 Å². The molecule has 76 valence electrons. The molecule has 0 aliphatic heterocycles.